The Morgan fingerprint density at radius 1 is 1.09 bits per heavy atom. The van der Waals surface area contributed by atoms with Crippen molar-refractivity contribution in [3.05, 3.63) is 48.0 Å². The third-order valence-electron chi connectivity index (χ3n) is 3.93. The molecule has 3 rings (SSSR count). The van der Waals surface area contributed by atoms with Gasteiger partial charge in [-0.15, -0.1) is 6.58 Å². The fourth-order valence-electron chi connectivity index (χ4n) is 2.87. The maximum absolute atomic E-state index is 12.5. The number of rotatable bonds is 3. The molecule has 2 aliphatic rings. The molecule has 6 heteroatoms. The lowest BCUT2D eigenvalue weighted by Gasteiger charge is -2.33. The molecule has 1 aromatic carbocycles. The summed E-state index contributed by atoms with van der Waals surface area (Å²) in [5, 5.41) is 0. The number of hydrogen-bond donors (Lipinski definition) is 0. The SMILES string of the molecule is C=CCN1C(=O)CCC(N2C(=O)c3ccccc3C2=O)C1=O. The quantitative estimate of drug-likeness (QED) is 0.616. The summed E-state index contributed by atoms with van der Waals surface area (Å²) in [6.45, 7) is 3.60. The van der Waals surface area contributed by atoms with Crippen LogP contribution >= 0.6 is 0 Å². The van der Waals surface area contributed by atoms with Crippen LogP contribution in [0.4, 0.5) is 0 Å². The molecule has 1 aromatic rings. The largest absolute Gasteiger partial charge is 0.277 e. The van der Waals surface area contributed by atoms with E-state index in [2.05, 4.69) is 6.58 Å². The molecule has 22 heavy (non-hydrogen) atoms. The normalized spacial score (nSPS) is 21.4. The summed E-state index contributed by atoms with van der Waals surface area (Å²) in [5.41, 5.74) is 0.597. The second-order valence-electron chi connectivity index (χ2n) is 5.21. The zero-order chi connectivity index (χ0) is 15.9. The number of imide groups is 2. The minimum absolute atomic E-state index is 0.0807. The molecule has 0 spiro atoms. The highest BCUT2D eigenvalue weighted by Gasteiger charge is 2.46. The van der Waals surface area contributed by atoms with Crippen LogP contribution in [-0.4, -0.2) is 46.0 Å². The van der Waals surface area contributed by atoms with Gasteiger partial charge in [0.1, 0.15) is 6.04 Å². The number of nitrogens with zero attached hydrogens (tertiary/aromatic N) is 2. The molecule has 0 bridgehead atoms. The first-order valence-electron chi connectivity index (χ1n) is 6.98. The molecule has 6 nitrogen and oxygen atoms in total. The summed E-state index contributed by atoms with van der Waals surface area (Å²) < 4.78 is 0. The maximum Gasteiger partial charge on any atom is 0.262 e. The van der Waals surface area contributed by atoms with Gasteiger partial charge >= 0.3 is 0 Å². The van der Waals surface area contributed by atoms with Crippen molar-refractivity contribution >= 4 is 23.6 Å². The minimum Gasteiger partial charge on any atom is -0.277 e. The van der Waals surface area contributed by atoms with Crippen LogP contribution in [0.2, 0.25) is 0 Å². The van der Waals surface area contributed by atoms with Gasteiger partial charge < -0.3 is 0 Å². The average molecular weight is 298 g/mol. The zero-order valence-corrected chi connectivity index (χ0v) is 11.8. The third kappa shape index (κ3) is 1.95. The first kappa shape index (κ1) is 14.2. The number of hydrogen-bond acceptors (Lipinski definition) is 4. The van der Waals surface area contributed by atoms with Gasteiger partial charge in [0.25, 0.3) is 17.7 Å². The molecule has 0 aliphatic carbocycles. The van der Waals surface area contributed by atoms with Gasteiger partial charge in [-0.3, -0.25) is 29.0 Å². The average Bonchev–Trinajstić information content (AvgIpc) is 2.77. The van der Waals surface area contributed by atoms with Gasteiger partial charge in [-0.2, -0.15) is 0 Å². The van der Waals surface area contributed by atoms with Crippen LogP contribution in [0, 0.1) is 0 Å². The summed E-state index contributed by atoms with van der Waals surface area (Å²) in [6, 6.07) is 5.54. The molecule has 4 amide bonds. The predicted octanol–water partition coefficient (Wildman–Crippen LogP) is 0.986. The Morgan fingerprint density at radius 3 is 2.23 bits per heavy atom. The second-order valence-corrected chi connectivity index (χ2v) is 5.21. The highest BCUT2D eigenvalue weighted by Crippen LogP contribution is 2.28. The number of carbonyl (C=O) groups excluding carboxylic acids is 4. The van der Waals surface area contributed by atoms with Crippen molar-refractivity contribution in [2.45, 2.75) is 18.9 Å². The van der Waals surface area contributed by atoms with E-state index >= 15 is 0 Å². The van der Waals surface area contributed by atoms with Crippen molar-refractivity contribution < 1.29 is 19.2 Å². The van der Waals surface area contributed by atoms with E-state index < -0.39 is 23.8 Å². The first-order valence-corrected chi connectivity index (χ1v) is 6.98. The highest BCUT2D eigenvalue weighted by atomic mass is 16.2. The van der Waals surface area contributed by atoms with Crippen LogP contribution in [0.25, 0.3) is 0 Å². The van der Waals surface area contributed by atoms with Gasteiger partial charge in [-0.1, -0.05) is 18.2 Å². The number of benzene rings is 1. The van der Waals surface area contributed by atoms with Crippen LogP contribution < -0.4 is 0 Å². The van der Waals surface area contributed by atoms with E-state index in [1.807, 2.05) is 0 Å². The van der Waals surface area contributed by atoms with Gasteiger partial charge in [0.2, 0.25) is 5.91 Å². The summed E-state index contributed by atoms with van der Waals surface area (Å²) in [4.78, 5) is 51.2. The van der Waals surface area contributed by atoms with Crippen molar-refractivity contribution in [2.75, 3.05) is 6.54 Å². The van der Waals surface area contributed by atoms with E-state index in [0.717, 1.165) is 9.80 Å². The van der Waals surface area contributed by atoms with Gasteiger partial charge in [-0.25, -0.2) is 0 Å². The number of carbonyl (C=O) groups is 4. The van der Waals surface area contributed by atoms with Gasteiger partial charge in [0, 0.05) is 13.0 Å². The second kappa shape index (κ2) is 5.22. The van der Waals surface area contributed by atoms with E-state index in [1.54, 1.807) is 24.3 Å². The van der Waals surface area contributed by atoms with E-state index in [-0.39, 0.29) is 25.3 Å². The molecule has 1 atom stereocenters. The highest BCUT2D eigenvalue weighted by molar-refractivity contribution is 6.23. The Bertz CT molecular complexity index is 675. The van der Waals surface area contributed by atoms with Crippen molar-refractivity contribution in [3.63, 3.8) is 0 Å². The van der Waals surface area contributed by atoms with Crippen LogP contribution in [0.5, 0.6) is 0 Å². The fraction of sp³-hybridized carbons (Fsp3) is 0.250. The summed E-state index contributed by atoms with van der Waals surface area (Å²) in [6.07, 6.45) is 1.73. The summed E-state index contributed by atoms with van der Waals surface area (Å²) in [5.74, 6) is -1.79. The lowest BCUT2D eigenvalue weighted by atomic mass is 10.0. The molecule has 1 saturated heterocycles. The fourth-order valence-corrected chi connectivity index (χ4v) is 2.87. The Labute approximate surface area is 127 Å². The molecule has 2 aliphatic heterocycles. The smallest absolute Gasteiger partial charge is 0.262 e. The lowest BCUT2D eigenvalue weighted by Crippen LogP contribution is -2.56. The van der Waals surface area contributed by atoms with Gasteiger partial charge in [0.05, 0.1) is 11.1 Å². The number of piperidine rings is 1. The molecular formula is C16H14N2O4. The molecule has 2 heterocycles. The molecular weight excluding hydrogens is 284 g/mol. The number of likely N-dealkylation sites (tertiary alicyclic amines) is 1. The predicted molar refractivity (Wildman–Crippen MR) is 76.9 cm³/mol. The molecule has 0 N–H and O–H groups in total. The van der Waals surface area contributed by atoms with Crippen LogP contribution in [0.15, 0.2) is 36.9 Å². The molecule has 1 fully saturated rings. The Balaban J connectivity index is 1.94. The summed E-state index contributed by atoms with van der Waals surface area (Å²) >= 11 is 0. The molecule has 1 unspecified atom stereocenters. The number of fused-ring (bicyclic) bond motifs is 1. The molecule has 0 saturated carbocycles. The van der Waals surface area contributed by atoms with Crippen molar-refractivity contribution in [1.82, 2.24) is 9.80 Å². The molecule has 0 aromatic heterocycles. The van der Waals surface area contributed by atoms with Crippen LogP contribution in [-0.2, 0) is 9.59 Å². The van der Waals surface area contributed by atoms with E-state index in [1.165, 1.54) is 6.08 Å². The molecule has 112 valence electrons. The van der Waals surface area contributed by atoms with Gasteiger partial charge in [-0.05, 0) is 18.6 Å². The topological polar surface area (TPSA) is 74.8 Å². The van der Waals surface area contributed by atoms with Crippen molar-refractivity contribution in [3.8, 4) is 0 Å². The first-order chi connectivity index (χ1) is 10.6. The van der Waals surface area contributed by atoms with E-state index in [0.29, 0.717) is 11.1 Å². The minimum atomic E-state index is -0.926. The maximum atomic E-state index is 12.5. The zero-order valence-electron chi connectivity index (χ0n) is 11.8. The van der Waals surface area contributed by atoms with Crippen LogP contribution in [0.3, 0.4) is 0 Å². The number of amides is 4. The Kier molecular flexibility index (Phi) is 3.36. The van der Waals surface area contributed by atoms with Crippen molar-refractivity contribution in [2.24, 2.45) is 0 Å². The van der Waals surface area contributed by atoms with Crippen molar-refractivity contribution in [1.29, 1.82) is 0 Å². The van der Waals surface area contributed by atoms with Crippen LogP contribution in [0.1, 0.15) is 33.6 Å². The Hall–Kier alpha value is -2.76. The summed E-state index contributed by atoms with van der Waals surface area (Å²) in [7, 11) is 0. The third-order valence-corrected chi connectivity index (χ3v) is 3.93. The van der Waals surface area contributed by atoms with E-state index in [9.17, 15) is 19.2 Å². The standard InChI is InChI=1S/C16H14N2O4/c1-2-9-17-13(19)8-7-12(16(17)22)18-14(20)10-5-3-4-6-11(10)15(18)21/h2-6,12H,1,7-9H2. The molecule has 0 radical (unpaired) electrons. The lowest BCUT2D eigenvalue weighted by molar-refractivity contribution is -0.150. The van der Waals surface area contributed by atoms with E-state index in [4.69, 9.17) is 0 Å². The monoisotopic (exact) mass is 298 g/mol. The van der Waals surface area contributed by atoms with Gasteiger partial charge in [0.15, 0.2) is 0 Å². The Morgan fingerprint density at radius 2 is 1.68 bits per heavy atom.